The van der Waals surface area contributed by atoms with E-state index < -0.39 is 29.5 Å². The molecule has 0 saturated heterocycles. The van der Waals surface area contributed by atoms with Crippen LogP contribution in [0.3, 0.4) is 0 Å². The van der Waals surface area contributed by atoms with Gasteiger partial charge in [0.15, 0.2) is 12.4 Å². The maximum Gasteiger partial charge on any atom is 0.433 e. The Kier molecular flexibility index (Phi) is 7.72. The second-order valence-electron chi connectivity index (χ2n) is 8.45. The quantitative estimate of drug-likeness (QED) is 0.179. The number of nitrogens with zero attached hydrogens (tertiary/aromatic N) is 3. The first-order valence-corrected chi connectivity index (χ1v) is 13.4. The van der Waals surface area contributed by atoms with E-state index >= 15 is 0 Å². The number of primary amides is 1. The summed E-state index contributed by atoms with van der Waals surface area (Å²) >= 11 is 9.86. The van der Waals surface area contributed by atoms with Crippen LogP contribution in [0.1, 0.15) is 25.9 Å². The van der Waals surface area contributed by atoms with Gasteiger partial charge in [-0.1, -0.05) is 23.7 Å². The smallest absolute Gasteiger partial charge is 0.433 e. The predicted octanol–water partition coefficient (Wildman–Crippen LogP) is 7.12. The minimum atomic E-state index is -4.82. The number of carbonyl (C=O) groups is 2. The van der Waals surface area contributed by atoms with Crippen molar-refractivity contribution < 1.29 is 31.9 Å². The number of amides is 2. The molecule has 0 saturated carbocycles. The average molecular weight is 669 g/mol. The van der Waals surface area contributed by atoms with Crippen LogP contribution in [-0.4, -0.2) is 26.6 Å². The Hall–Kier alpha value is -4.01. The van der Waals surface area contributed by atoms with E-state index in [1.165, 1.54) is 29.1 Å². The Morgan fingerprint density at radius 1 is 1.12 bits per heavy atom. The molecule has 2 aromatic carbocycles. The molecule has 0 atom stereocenters. The molecule has 15 heteroatoms. The topological polar surface area (TPSA) is 112 Å². The maximum absolute atomic E-state index is 13.7. The van der Waals surface area contributed by atoms with E-state index in [2.05, 4.69) is 31.3 Å². The van der Waals surface area contributed by atoms with Gasteiger partial charge < -0.3 is 15.8 Å². The lowest BCUT2D eigenvalue weighted by molar-refractivity contribution is -0.140. The van der Waals surface area contributed by atoms with E-state index in [1.54, 1.807) is 18.2 Å². The largest absolute Gasteiger partial charge is 0.470 e. The summed E-state index contributed by atoms with van der Waals surface area (Å²) in [6, 6.07) is 11.8. The number of thiophene rings is 1. The monoisotopic (exact) mass is 667 g/mol. The van der Waals surface area contributed by atoms with Crippen molar-refractivity contribution in [2.45, 2.75) is 12.9 Å². The van der Waals surface area contributed by atoms with Crippen molar-refractivity contribution in [2.75, 3.05) is 5.32 Å². The molecule has 5 aromatic rings. The number of aromatic nitrogens is 3. The van der Waals surface area contributed by atoms with Crippen molar-refractivity contribution in [1.29, 1.82) is 0 Å². The van der Waals surface area contributed by atoms with Crippen molar-refractivity contribution in [1.82, 2.24) is 14.8 Å². The van der Waals surface area contributed by atoms with Crippen LogP contribution in [0, 0.1) is 5.82 Å². The van der Waals surface area contributed by atoms with Crippen LogP contribution in [-0.2, 0) is 12.9 Å². The van der Waals surface area contributed by atoms with Gasteiger partial charge in [-0.25, -0.2) is 14.1 Å². The third kappa shape index (κ3) is 6.04. The molecule has 0 aliphatic rings. The maximum atomic E-state index is 13.7. The fourth-order valence-corrected chi connectivity index (χ4v) is 5.66. The highest BCUT2D eigenvalue weighted by atomic mass is 79.9. The number of ether oxygens (including phenoxy) is 1. The Morgan fingerprint density at radius 2 is 1.85 bits per heavy atom. The Balaban J connectivity index is 1.51. The number of nitrogens with one attached hydrogen (secondary N) is 1. The van der Waals surface area contributed by atoms with Gasteiger partial charge in [0.25, 0.3) is 11.8 Å². The van der Waals surface area contributed by atoms with Crippen LogP contribution in [0.25, 0.3) is 21.3 Å². The van der Waals surface area contributed by atoms with Crippen molar-refractivity contribution in [3.63, 3.8) is 0 Å². The van der Waals surface area contributed by atoms with Crippen LogP contribution in [0.15, 0.2) is 65.3 Å². The van der Waals surface area contributed by atoms with Gasteiger partial charge in [-0.3, -0.25) is 9.59 Å². The number of pyridine rings is 1. The molecule has 5 rings (SSSR count). The molecule has 210 valence electrons. The fourth-order valence-electron chi connectivity index (χ4n) is 3.85. The zero-order valence-electron chi connectivity index (χ0n) is 20.3. The molecule has 8 nitrogen and oxygen atoms in total. The van der Waals surface area contributed by atoms with Crippen LogP contribution in [0.4, 0.5) is 23.2 Å². The second kappa shape index (κ2) is 11.1. The number of nitrogens with two attached hydrogens (primary N) is 1. The second-order valence-corrected chi connectivity index (χ2v) is 10.7. The first kappa shape index (κ1) is 28.5. The zero-order valence-corrected chi connectivity index (χ0v) is 23.5. The number of alkyl halides is 3. The lowest BCUT2D eigenvalue weighted by Gasteiger charge is -2.12. The van der Waals surface area contributed by atoms with Gasteiger partial charge in [-0.2, -0.15) is 18.3 Å². The molecule has 3 heterocycles. The number of fused-ring (bicyclic) bond motifs is 1. The third-order valence-corrected chi connectivity index (χ3v) is 7.64. The van der Waals surface area contributed by atoms with Gasteiger partial charge in [-0.05, 0) is 69.5 Å². The predicted molar refractivity (Wildman–Crippen MR) is 148 cm³/mol. The molecule has 0 fully saturated rings. The summed E-state index contributed by atoms with van der Waals surface area (Å²) in [5, 5.41) is 7.25. The SMILES string of the molecule is NC(=O)c1sc2nc(C(F)(F)F)cc(-c3ccc(F)cc3)c2c1NC(=O)c1ccn(COc2ccc(Cl)cc2Br)n1. The van der Waals surface area contributed by atoms with Crippen LogP contribution < -0.4 is 15.8 Å². The fraction of sp³-hybridized carbons (Fsp3) is 0.0769. The molecule has 0 bridgehead atoms. The van der Waals surface area contributed by atoms with Crippen LogP contribution in [0.5, 0.6) is 5.75 Å². The molecule has 0 spiro atoms. The van der Waals surface area contributed by atoms with Gasteiger partial charge in [0.05, 0.1) is 10.2 Å². The molecule has 0 aliphatic heterocycles. The van der Waals surface area contributed by atoms with E-state index in [9.17, 15) is 27.2 Å². The summed E-state index contributed by atoms with van der Waals surface area (Å²) in [5.41, 5.74) is 4.23. The number of hydrogen-bond acceptors (Lipinski definition) is 6. The molecule has 2 amide bonds. The number of rotatable bonds is 7. The van der Waals surface area contributed by atoms with Gasteiger partial charge in [0.1, 0.15) is 27.0 Å². The van der Waals surface area contributed by atoms with Gasteiger partial charge in [-0.15, -0.1) is 11.3 Å². The molecular formula is C26H15BrClF4N5O3S. The van der Waals surface area contributed by atoms with E-state index in [-0.39, 0.29) is 44.3 Å². The first-order chi connectivity index (χ1) is 19.4. The minimum absolute atomic E-state index is 0.0335. The van der Waals surface area contributed by atoms with E-state index in [0.29, 0.717) is 26.6 Å². The van der Waals surface area contributed by atoms with E-state index in [4.69, 9.17) is 22.1 Å². The van der Waals surface area contributed by atoms with Gasteiger partial charge >= 0.3 is 6.18 Å². The average Bonchev–Trinajstić information content (AvgIpc) is 3.53. The standard InChI is InChI=1S/C26H15BrClF4N5O3S/c27-16-9-13(28)3-6-18(16)40-11-37-8-7-17(36-37)24(39)35-21-20-15(12-1-4-14(29)5-2-12)10-19(26(30,31)32)34-25(20)41-22(21)23(33)38/h1-10H,11H2,(H2,33,38)(H,35,39). The summed E-state index contributed by atoms with van der Waals surface area (Å²) in [5.74, 6) is -1.89. The number of halogens is 6. The van der Waals surface area contributed by atoms with Crippen molar-refractivity contribution in [3.05, 3.63) is 92.4 Å². The summed E-state index contributed by atoms with van der Waals surface area (Å²) in [6.45, 7) is -0.0692. The molecular weight excluding hydrogens is 654 g/mol. The molecule has 0 unspecified atom stereocenters. The summed E-state index contributed by atoms with van der Waals surface area (Å²) in [6.07, 6.45) is -3.35. The Bertz CT molecular complexity index is 1810. The highest BCUT2D eigenvalue weighted by Crippen LogP contribution is 2.43. The molecule has 0 radical (unpaired) electrons. The normalized spacial score (nSPS) is 11.6. The molecule has 41 heavy (non-hydrogen) atoms. The van der Waals surface area contributed by atoms with Crippen molar-refractivity contribution in [3.8, 4) is 16.9 Å². The van der Waals surface area contributed by atoms with E-state index in [1.807, 2.05) is 0 Å². The Morgan fingerprint density at radius 3 is 2.51 bits per heavy atom. The summed E-state index contributed by atoms with van der Waals surface area (Å²) in [7, 11) is 0. The number of carbonyl (C=O) groups excluding carboxylic acids is 2. The summed E-state index contributed by atoms with van der Waals surface area (Å²) < 4.78 is 62.2. The number of anilines is 1. The molecule has 3 N–H and O–H groups in total. The number of benzene rings is 2. The first-order valence-electron chi connectivity index (χ1n) is 11.4. The summed E-state index contributed by atoms with van der Waals surface area (Å²) in [4.78, 5) is 28.7. The van der Waals surface area contributed by atoms with Crippen LogP contribution in [0.2, 0.25) is 5.02 Å². The van der Waals surface area contributed by atoms with Crippen molar-refractivity contribution in [2.24, 2.45) is 5.73 Å². The lowest BCUT2D eigenvalue weighted by Crippen LogP contribution is -2.18. The highest BCUT2D eigenvalue weighted by molar-refractivity contribution is 9.10. The number of hydrogen-bond donors (Lipinski definition) is 2. The van der Waals surface area contributed by atoms with E-state index in [0.717, 1.165) is 18.2 Å². The van der Waals surface area contributed by atoms with Crippen LogP contribution >= 0.6 is 38.9 Å². The molecule has 3 aromatic heterocycles. The van der Waals surface area contributed by atoms with Gasteiger partial charge in [0.2, 0.25) is 0 Å². The highest BCUT2D eigenvalue weighted by Gasteiger charge is 2.35. The zero-order chi connectivity index (χ0) is 29.5. The van der Waals surface area contributed by atoms with Gasteiger partial charge in [0, 0.05) is 16.6 Å². The lowest BCUT2D eigenvalue weighted by atomic mass is 10.0. The Labute approximate surface area is 245 Å². The minimum Gasteiger partial charge on any atom is -0.470 e. The van der Waals surface area contributed by atoms with Crippen molar-refractivity contribution >= 4 is 66.6 Å². The molecule has 0 aliphatic carbocycles. The third-order valence-electron chi connectivity index (χ3n) is 5.69.